The smallest absolute Gasteiger partial charge is 0.0931 e. The van der Waals surface area contributed by atoms with Crippen LogP contribution in [0.15, 0.2) is 12.1 Å². The Balaban J connectivity index is 2.06. The van der Waals surface area contributed by atoms with Crippen molar-refractivity contribution in [1.82, 2.24) is 4.90 Å². The second-order valence-corrected chi connectivity index (χ2v) is 6.72. The number of halogens is 1. The van der Waals surface area contributed by atoms with Crippen LogP contribution in [0.1, 0.15) is 37.1 Å². The molecule has 17 heavy (non-hydrogen) atoms. The Morgan fingerprint density at radius 1 is 1.53 bits per heavy atom. The predicted octanol–water partition coefficient (Wildman–Crippen LogP) is 3.52. The molecule has 1 saturated carbocycles. The summed E-state index contributed by atoms with van der Waals surface area (Å²) in [5.41, 5.74) is 5.86. The van der Waals surface area contributed by atoms with Crippen LogP contribution in [0.3, 0.4) is 0 Å². The standard InChI is InChI=1S/C13H21ClN2S/c1-9(12-6-7-13(14)17-12)16(2)11-5-3-4-10(11)8-15/h6-7,9-11H,3-5,8,15H2,1-2H3. The van der Waals surface area contributed by atoms with Crippen LogP contribution in [0.25, 0.3) is 0 Å². The van der Waals surface area contributed by atoms with Gasteiger partial charge >= 0.3 is 0 Å². The van der Waals surface area contributed by atoms with Crippen molar-refractivity contribution < 1.29 is 0 Å². The molecular formula is C13H21ClN2S. The summed E-state index contributed by atoms with van der Waals surface area (Å²) >= 11 is 7.69. The Morgan fingerprint density at radius 2 is 2.29 bits per heavy atom. The van der Waals surface area contributed by atoms with Crippen LogP contribution in [0.4, 0.5) is 0 Å². The number of hydrogen-bond acceptors (Lipinski definition) is 3. The largest absolute Gasteiger partial charge is 0.330 e. The van der Waals surface area contributed by atoms with Crippen LogP contribution >= 0.6 is 22.9 Å². The van der Waals surface area contributed by atoms with E-state index in [2.05, 4.69) is 24.9 Å². The van der Waals surface area contributed by atoms with E-state index in [4.69, 9.17) is 17.3 Å². The molecule has 0 amide bonds. The predicted molar refractivity (Wildman–Crippen MR) is 75.7 cm³/mol. The van der Waals surface area contributed by atoms with Crippen LogP contribution in [0, 0.1) is 5.92 Å². The van der Waals surface area contributed by atoms with Crippen LogP contribution < -0.4 is 5.73 Å². The molecule has 1 aromatic rings. The van der Waals surface area contributed by atoms with Crippen molar-refractivity contribution in [3.8, 4) is 0 Å². The first-order chi connectivity index (χ1) is 8.13. The van der Waals surface area contributed by atoms with E-state index in [0.29, 0.717) is 18.0 Å². The Labute approximate surface area is 113 Å². The molecule has 0 spiro atoms. The van der Waals surface area contributed by atoms with E-state index < -0.39 is 0 Å². The Kier molecular flexibility index (Phi) is 4.47. The molecule has 3 atom stereocenters. The summed E-state index contributed by atoms with van der Waals surface area (Å²) in [6.45, 7) is 3.07. The zero-order valence-electron chi connectivity index (χ0n) is 10.5. The van der Waals surface area contributed by atoms with E-state index in [1.165, 1.54) is 24.1 Å². The first kappa shape index (κ1) is 13.3. The highest BCUT2D eigenvalue weighted by molar-refractivity contribution is 7.16. The van der Waals surface area contributed by atoms with Gasteiger partial charge in [0.1, 0.15) is 0 Å². The van der Waals surface area contributed by atoms with Gasteiger partial charge in [-0.1, -0.05) is 18.0 Å². The molecule has 0 aromatic carbocycles. The summed E-state index contributed by atoms with van der Waals surface area (Å²) < 4.78 is 0.877. The number of hydrogen-bond donors (Lipinski definition) is 1. The molecule has 2 nitrogen and oxygen atoms in total. The third-order valence-electron chi connectivity index (χ3n) is 4.06. The van der Waals surface area contributed by atoms with Gasteiger partial charge in [0.25, 0.3) is 0 Å². The molecule has 1 heterocycles. The number of nitrogens with zero attached hydrogens (tertiary/aromatic N) is 1. The molecule has 4 heteroatoms. The fourth-order valence-corrected chi connectivity index (χ4v) is 4.03. The van der Waals surface area contributed by atoms with Crippen molar-refractivity contribution in [1.29, 1.82) is 0 Å². The lowest BCUT2D eigenvalue weighted by Crippen LogP contribution is -2.38. The highest BCUT2D eigenvalue weighted by Crippen LogP contribution is 2.36. The van der Waals surface area contributed by atoms with E-state index in [1.807, 2.05) is 6.07 Å². The molecule has 2 N–H and O–H groups in total. The molecule has 1 aliphatic carbocycles. The fraction of sp³-hybridized carbons (Fsp3) is 0.692. The fourth-order valence-electron chi connectivity index (χ4n) is 2.87. The van der Waals surface area contributed by atoms with Gasteiger partial charge in [0.05, 0.1) is 4.34 Å². The van der Waals surface area contributed by atoms with Gasteiger partial charge in [-0.3, -0.25) is 4.90 Å². The van der Waals surface area contributed by atoms with Gasteiger partial charge in [-0.05, 0) is 51.4 Å². The maximum Gasteiger partial charge on any atom is 0.0931 e. The molecule has 0 saturated heterocycles. The van der Waals surface area contributed by atoms with E-state index in [0.717, 1.165) is 10.9 Å². The van der Waals surface area contributed by atoms with Crippen LogP contribution in [-0.2, 0) is 0 Å². The molecule has 1 aromatic heterocycles. The first-order valence-corrected chi connectivity index (χ1v) is 7.50. The van der Waals surface area contributed by atoms with Gasteiger partial charge in [0.15, 0.2) is 0 Å². The summed E-state index contributed by atoms with van der Waals surface area (Å²) in [6.07, 6.45) is 3.88. The van der Waals surface area contributed by atoms with Crippen molar-refractivity contribution in [2.24, 2.45) is 11.7 Å². The topological polar surface area (TPSA) is 29.3 Å². The molecule has 0 bridgehead atoms. The molecule has 3 unspecified atom stereocenters. The molecule has 2 rings (SSSR count). The minimum atomic E-state index is 0.435. The SMILES string of the molecule is CC(c1ccc(Cl)s1)N(C)C1CCCC1CN. The lowest BCUT2D eigenvalue weighted by Gasteiger charge is -2.33. The quantitative estimate of drug-likeness (QED) is 0.909. The monoisotopic (exact) mass is 272 g/mol. The normalized spacial score (nSPS) is 26.6. The molecule has 0 aliphatic heterocycles. The van der Waals surface area contributed by atoms with Crippen molar-refractivity contribution in [2.75, 3.05) is 13.6 Å². The third-order valence-corrected chi connectivity index (χ3v) is 5.46. The summed E-state index contributed by atoms with van der Waals surface area (Å²) in [7, 11) is 2.22. The Hall–Kier alpha value is -0.0900. The van der Waals surface area contributed by atoms with E-state index in [-0.39, 0.29) is 0 Å². The van der Waals surface area contributed by atoms with Crippen LogP contribution in [0.2, 0.25) is 4.34 Å². The average molecular weight is 273 g/mol. The van der Waals surface area contributed by atoms with Gasteiger partial charge in [-0.2, -0.15) is 0 Å². The second kappa shape index (κ2) is 5.70. The second-order valence-electron chi connectivity index (χ2n) is 4.98. The lowest BCUT2D eigenvalue weighted by molar-refractivity contribution is 0.154. The highest BCUT2D eigenvalue weighted by atomic mass is 35.5. The van der Waals surface area contributed by atoms with Gasteiger partial charge in [0.2, 0.25) is 0 Å². The average Bonchev–Trinajstić information content (AvgIpc) is 2.95. The summed E-state index contributed by atoms with van der Waals surface area (Å²) in [6, 6.07) is 5.20. The van der Waals surface area contributed by atoms with Crippen LogP contribution in [0.5, 0.6) is 0 Å². The minimum absolute atomic E-state index is 0.435. The van der Waals surface area contributed by atoms with E-state index >= 15 is 0 Å². The molecule has 1 fully saturated rings. The van der Waals surface area contributed by atoms with E-state index in [9.17, 15) is 0 Å². The van der Waals surface area contributed by atoms with Crippen molar-refractivity contribution in [2.45, 2.75) is 38.3 Å². The lowest BCUT2D eigenvalue weighted by atomic mass is 10.0. The maximum absolute atomic E-state index is 6.00. The van der Waals surface area contributed by atoms with Gasteiger partial charge < -0.3 is 5.73 Å². The van der Waals surface area contributed by atoms with Crippen molar-refractivity contribution in [3.05, 3.63) is 21.3 Å². The Morgan fingerprint density at radius 3 is 2.88 bits per heavy atom. The summed E-state index contributed by atoms with van der Waals surface area (Å²) in [5, 5.41) is 0. The summed E-state index contributed by atoms with van der Waals surface area (Å²) in [5.74, 6) is 0.665. The van der Waals surface area contributed by atoms with Gasteiger partial charge in [-0.25, -0.2) is 0 Å². The zero-order valence-corrected chi connectivity index (χ0v) is 12.1. The summed E-state index contributed by atoms with van der Waals surface area (Å²) in [4.78, 5) is 3.83. The minimum Gasteiger partial charge on any atom is -0.330 e. The van der Waals surface area contributed by atoms with Gasteiger partial charge in [0, 0.05) is 17.0 Å². The molecule has 0 radical (unpaired) electrons. The molecular weight excluding hydrogens is 252 g/mol. The Bertz CT molecular complexity index is 366. The number of rotatable bonds is 4. The first-order valence-electron chi connectivity index (χ1n) is 6.30. The molecule has 1 aliphatic rings. The van der Waals surface area contributed by atoms with Crippen LogP contribution in [-0.4, -0.2) is 24.5 Å². The van der Waals surface area contributed by atoms with Gasteiger partial charge in [-0.15, -0.1) is 11.3 Å². The number of thiophene rings is 1. The zero-order chi connectivity index (χ0) is 12.4. The van der Waals surface area contributed by atoms with Crippen molar-refractivity contribution >= 4 is 22.9 Å². The third kappa shape index (κ3) is 2.84. The highest BCUT2D eigenvalue weighted by Gasteiger charge is 2.32. The number of nitrogens with two attached hydrogens (primary N) is 1. The van der Waals surface area contributed by atoms with Crippen molar-refractivity contribution in [3.63, 3.8) is 0 Å². The van der Waals surface area contributed by atoms with E-state index in [1.54, 1.807) is 11.3 Å². The molecule has 96 valence electrons. The maximum atomic E-state index is 6.00.